The van der Waals surface area contributed by atoms with Crippen LogP contribution in [0.5, 0.6) is 0 Å². The summed E-state index contributed by atoms with van der Waals surface area (Å²) in [5, 5.41) is 12.5. The van der Waals surface area contributed by atoms with Gasteiger partial charge in [0.2, 0.25) is 0 Å². The van der Waals surface area contributed by atoms with Crippen molar-refractivity contribution in [3.05, 3.63) is 11.6 Å². The van der Waals surface area contributed by atoms with E-state index >= 15 is 0 Å². The minimum Gasteiger partial charge on any atom is -0.393 e. The minimum atomic E-state index is -0.192. The van der Waals surface area contributed by atoms with E-state index < -0.39 is 0 Å². The number of rotatable bonds is 11. The second kappa shape index (κ2) is 11.0. The third kappa shape index (κ3) is 6.56. The van der Waals surface area contributed by atoms with Crippen molar-refractivity contribution in [3.8, 4) is 0 Å². The Hall–Kier alpha value is 0.230. The zero-order valence-corrected chi connectivity index (χ0v) is 16.5. The molecule has 0 spiro atoms. The van der Waals surface area contributed by atoms with Gasteiger partial charge in [0.1, 0.15) is 4.34 Å². The normalized spacial score (nSPS) is 27.6. The van der Waals surface area contributed by atoms with Crippen LogP contribution in [0.15, 0.2) is 15.9 Å². The van der Waals surface area contributed by atoms with Gasteiger partial charge in [-0.2, -0.15) is 0 Å². The number of nitrogens with zero attached hydrogens (tertiary/aromatic N) is 1. The van der Waals surface area contributed by atoms with E-state index in [0.29, 0.717) is 11.8 Å². The molecule has 4 atom stereocenters. The lowest BCUT2D eigenvalue weighted by Crippen LogP contribution is -2.21. The monoisotopic (exact) mass is 375 g/mol. The fourth-order valence-corrected chi connectivity index (χ4v) is 5.90. The summed E-state index contributed by atoms with van der Waals surface area (Å²) in [6.07, 6.45) is 12.6. The topological polar surface area (TPSA) is 33.1 Å². The predicted octanol–water partition coefficient (Wildman–Crippen LogP) is 5.98. The van der Waals surface area contributed by atoms with Gasteiger partial charge in [-0.3, -0.25) is 0 Å². The highest BCUT2D eigenvalue weighted by Crippen LogP contribution is 2.42. The van der Waals surface area contributed by atoms with Gasteiger partial charge in [-0.05, 0) is 31.1 Å². The Morgan fingerprint density at radius 1 is 1.22 bits per heavy atom. The van der Waals surface area contributed by atoms with E-state index in [1.54, 1.807) is 11.3 Å². The van der Waals surface area contributed by atoms with Crippen LogP contribution in [0.2, 0.25) is 0 Å². The summed E-state index contributed by atoms with van der Waals surface area (Å²) >= 11 is 10.1. The summed E-state index contributed by atoms with van der Waals surface area (Å²) in [7, 11) is 0. The molecule has 1 aliphatic rings. The number of aliphatic hydroxyl groups excluding tert-OH is 1. The number of unbranched alkanes of at least 4 members (excludes halogenated alkanes) is 5. The van der Waals surface area contributed by atoms with E-state index in [2.05, 4.69) is 11.9 Å². The number of thiazole rings is 1. The average molecular weight is 376 g/mol. The third-order valence-corrected chi connectivity index (χ3v) is 7.45. The number of aromatic nitrogens is 1. The molecule has 1 heterocycles. The quantitative estimate of drug-likeness (QED) is 0.293. The van der Waals surface area contributed by atoms with Crippen LogP contribution in [0.4, 0.5) is 0 Å². The second-order valence-electron chi connectivity index (χ2n) is 6.64. The number of aliphatic hydroxyl groups is 1. The Morgan fingerprint density at radius 2 is 2.00 bits per heavy atom. The molecule has 1 N–H and O–H groups in total. The Labute approximate surface area is 154 Å². The minimum absolute atomic E-state index is 0.145. The molecule has 5 heteroatoms. The zero-order chi connectivity index (χ0) is 16.5. The maximum absolute atomic E-state index is 10.4. The lowest BCUT2D eigenvalue weighted by Gasteiger charge is -2.23. The molecule has 1 aromatic rings. The number of thioether (sulfide) groups is 1. The van der Waals surface area contributed by atoms with Crippen molar-refractivity contribution >= 4 is 34.7 Å². The van der Waals surface area contributed by atoms with Crippen LogP contribution < -0.4 is 0 Å². The first-order valence-electron chi connectivity index (χ1n) is 9.06. The maximum Gasteiger partial charge on any atom is 0.149 e. The number of halogens is 1. The molecule has 2 nitrogen and oxygen atoms in total. The fourth-order valence-electron chi connectivity index (χ4n) is 3.66. The lowest BCUT2D eigenvalue weighted by molar-refractivity contribution is 0.109. The van der Waals surface area contributed by atoms with E-state index in [-0.39, 0.29) is 11.5 Å². The Morgan fingerprint density at radius 3 is 2.74 bits per heavy atom. The number of hydrogen-bond acceptors (Lipinski definition) is 4. The highest BCUT2D eigenvalue weighted by molar-refractivity contribution is 8.00. The molecule has 0 unspecified atom stereocenters. The largest absolute Gasteiger partial charge is 0.393 e. The molecule has 1 aliphatic carbocycles. The van der Waals surface area contributed by atoms with E-state index in [4.69, 9.17) is 11.6 Å². The summed E-state index contributed by atoms with van der Waals surface area (Å²) in [6.45, 7) is 2.25. The van der Waals surface area contributed by atoms with Crippen LogP contribution in [0, 0.1) is 11.8 Å². The summed E-state index contributed by atoms with van der Waals surface area (Å²) in [5.74, 6) is 1.93. The molecule has 1 fully saturated rings. The summed E-state index contributed by atoms with van der Waals surface area (Å²) < 4.78 is 1.14. The first-order valence-corrected chi connectivity index (χ1v) is 11.4. The van der Waals surface area contributed by atoms with E-state index in [9.17, 15) is 5.11 Å². The van der Waals surface area contributed by atoms with Crippen LogP contribution in [-0.2, 0) is 0 Å². The van der Waals surface area contributed by atoms with Gasteiger partial charge in [-0.25, -0.2) is 4.98 Å². The van der Waals surface area contributed by atoms with Crippen LogP contribution in [0.3, 0.4) is 0 Å². The molecular weight excluding hydrogens is 346 g/mol. The Kier molecular flexibility index (Phi) is 9.32. The van der Waals surface area contributed by atoms with Gasteiger partial charge in [-0.15, -0.1) is 22.9 Å². The standard InChI is InChI=1S/C18H30ClNOS2/c1-2-3-4-5-6-7-8-15-14(16(19)13-17(15)21)9-11-22-18-20-10-12-23-18/h10,12,14-17,21H,2-9,11,13H2,1H3/t14-,15-,16-,17-/m1/s1. The Balaban J connectivity index is 1.69. The highest BCUT2D eigenvalue weighted by atomic mass is 35.5. The van der Waals surface area contributed by atoms with Gasteiger partial charge < -0.3 is 5.11 Å². The molecule has 0 saturated heterocycles. The third-order valence-electron chi connectivity index (χ3n) is 4.95. The molecule has 23 heavy (non-hydrogen) atoms. The maximum atomic E-state index is 10.4. The van der Waals surface area contributed by atoms with Crippen molar-refractivity contribution in [2.45, 2.75) is 80.5 Å². The number of alkyl halides is 1. The predicted molar refractivity (Wildman–Crippen MR) is 103 cm³/mol. The SMILES string of the molecule is CCCCCCCC[C@@H]1[C@@H](CCSc2nccs2)[C@H](Cl)C[C@H]1O. The summed E-state index contributed by atoms with van der Waals surface area (Å²) in [6, 6.07) is 0. The van der Waals surface area contributed by atoms with Gasteiger partial charge in [-0.1, -0.05) is 57.2 Å². The van der Waals surface area contributed by atoms with Crippen molar-refractivity contribution < 1.29 is 5.11 Å². The van der Waals surface area contributed by atoms with Crippen molar-refractivity contribution in [2.75, 3.05) is 5.75 Å². The van der Waals surface area contributed by atoms with Crippen LogP contribution in [-0.4, -0.2) is 27.3 Å². The van der Waals surface area contributed by atoms with Gasteiger partial charge >= 0.3 is 0 Å². The first kappa shape index (κ1) is 19.6. The number of hydrogen-bond donors (Lipinski definition) is 1. The van der Waals surface area contributed by atoms with E-state index in [0.717, 1.165) is 29.4 Å². The molecule has 0 bridgehead atoms. The van der Waals surface area contributed by atoms with Crippen LogP contribution in [0.1, 0.15) is 64.7 Å². The van der Waals surface area contributed by atoms with Crippen LogP contribution in [0.25, 0.3) is 0 Å². The van der Waals surface area contributed by atoms with Gasteiger partial charge in [0.05, 0.1) is 6.10 Å². The molecule has 1 aromatic heterocycles. The molecule has 1 saturated carbocycles. The smallest absolute Gasteiger partial charge is 0.149 e. The average Bonchev–Trinajstić information content (AvgIpc) is 3.13. The van der Waals surface area contributed by atoms with Crippen molar-refractivity contribution in [2.24, 2.45) is 11.8 Å². The molecule has 0 aromatic carbocycles. The van der Waals surface area contributed by atoms with Crippen LogP contribution >= 0.6 is 34.7 Å². The van der Waals surface area contributed by atoms with Crippen molar-refractivity contribution in [1.82, 2.24) is 4.98 Å². The van der Waals surface area contributed by atoms with Gasteiger partial charge in [0.15, 0.2) is 0 Å². The lowest BCUT2D eigenvalue weighted by atomic mass is 9.87. The summed E-state index contributed by atoms with van der Waals surface area (Å²) in [5.41, 5.74) is 0. The molecule has 132 valence electrons. The van der Waals surface area contributed by atoms with E-state index in [1.807, 2.05) is 23.3 Å². The second-order valence-corrected chi connectivity index (χ2v) is 9.44. The fraction of sp³-hybridized carbons (Fsp3) is 0.833. The van der Waals surface area contributed by atoms with Gasteiger partial charge in [0, 0.05) is 22.7 Å². The zero-order valence-electron chi connectivity index (χ0n) is 14.1. The first-order chi connectivity index (χ1) is 11.2. The molecule has 0 radical (unpaired) electrons. The molecule has 2 rings (SSSR count). The van der Waals surface area contributed by atoms with Crippen molar-refractivity contribution in [1.29, 1.82) is 0 Å². The Bertz CT molecular complexity index is 415. The molecule has 0 amide bonds. The van der Waals surface area contributed by atoms with Gasteiger partial charge in [0.25, 0.3) is 0 Å². The molecular formula is C18H30ClNOS2. The summed E-state index contributed by atoms with van der Waals surface area (Å²) in [4.78, 5) is 4.32. The van der Waals surface area contributed by atoms with E-state index in [1.165, 1.54) is 38.5 Å². The molecule has 0 aliphatic heterocycles. The van der Waals surface area contributed by atoms with Crippen molar-refractivity contribution in [3.63, 3.8) is 0 Å². The highest BCUT2D eigenvalue weighted by Gasteiger charge is 2.40.